The molecule has 0 aromatic carbocycles. The molecule has 9 nitrogen and oxygen atoms in total. The Morgan fingerprint density at radius 1 is 0.793 bits per heavy atom. The van der Waals surface area contributed by atoms with Crippen molar-refractivity contribution >= 4 is 10.4 Å². The molecule has 0 spiro atoms. The van der Waals surface area contributed by atoms with E-state index in [-0.39, 0.29) is 56.0 Å². The van der Waals surface area contributed by atoms with E-state index in [0.717, 1.165) is 12.8 Å². The number of hydrogen-bond donors (Lipinski definition) is 5. The van der Waals surface area contributed by atoms with Gasteiger partial charge in [-0.05, 0) is 13.3 Å². The van der Waals surface area contributed by atoms with Crippen LogP contribution in [0, 0.1) is 0 Å². The number of aliphatic hydroxyl groups excluding tert-OH is 5. The fourth-order valence-electron chi connectivity index (χ4n) is 1.81. The zero-order valence-corrected chi connectivity index (χ0v) is 21.1. The van der Waals surface area contributed by atoms with Crippen molar-refractivity contribution in [2.24, 2.45) is 0 Å². The van der Waals surface area contributed by atoms with E-state index in [1.807, 2.05) is 0 Å². The van der Waals surface area contributed by atoms with Gasteiger partial charge in [-0.1, -0.05) is 64.7 Å². The van der Waals surface area contributed by atoms with Crippen molar-refractivity contribution in [3.05, 3.63) is 0 Å². The minimum absolute atomic E-state index is 0. The van der Waals surface area contributed by atoms with Gasteiger partial charge in [0.2, 0.25) is 10.4 Å². The summed E-state index contributed by atoms with van der Waals surface area (Å²) in [4.78, 5) is 0. The smallest absolute Gasteiger partial charge is 0.726 e. The number of aliphatic hydroxyl groups is 5. The minimum atomic E-state index is -4.48. The Labute approximate surface area is 198 Å². The van der Waals surface area contributed by atoms with E-state index in [1.54, 1.807) is 0 Å². The first-order valence-electron chi connectivity index (χ1n) is 9.93. The quantitative estimate of drug-likeness (QED) is 0.0816. The van der Waals surface area contributed by atoms with Crippen molar-refractivity contribution in [3.63, 3.8) is 0 Å². The Morgan fingerprint density at radius 2 is 1.14 bits per heavy atom. The van der Waals surface area contributed by atoms with Gasteiger partial charge in [-0.15, -0.1) is 0 Å². The molecule has 174 valence electrons. The fraction of sp³-hybridized carbons (Fsp3) is 1.00. The second-order valence-corrected chi connectivity index (χ2v) is 7.51. The van der Waals surface area contributed by atoms with Gasteiger partial charge in [0.1, 0.15) is 6.10 Å². The normalized spacial score (nSPS) is 11.6. The predicted molar refractivity (Wildman–Crippen MR) is 106 cm³/mol. The molecule has 5 N–H and O–H groups in total. The first-order valence-corrected chi connectivity index (χ1v) is 11.3. The zero-order valence-electron chi connectivity index (χ0n) is 18.3. The molecule has 0 amide bonds. The summed E-state index contributed by atoms with van der Waals surface area (Å²) in [6.07, 6.45) is 10.2. The molecule has 0 aromatic rings. The third kappa shape index (κ3) is 47.7. The molecule has 1 atom stereocenters. The maximum atomic E-state index is 10.1. The topological polar surface area (TPSA) is 168 Å². The van der Waals surface area contributed by atoms with Crippen LogP contribution in [-0.4, -0.2) is 77.1 Å². The van der Waals surface area contributed by atoms with Gasteiger partial charge in [-0.3, -0.25) is 4.18 Å². The summed E-state index contributed by atoms with van der Waals surface area (Å²) in [5.74, 6) is 0. The van der Waals surface area contributed by atoms with Crippen LogP contribution in [0.15, 0.2) is 0 Å². The van der Waals surface area contributed by atoms with Crippen molar-refractivity contribution in [2.45, 2.75) is 90.3 Å². The largest absolute Gasteiger partial charge is 1.00 e. The van der Waals surface area contributed by atoms with E-state index in [4.69, 9.17) is 25.5 Å². The number of unbranched alkanes of at least 4 members (excludes halogenated alkanes) is 9. The van der Waals surface area contributed by atoms with Crippen LogP contribution in [0.3, 0.4) is 0 Å². The van der Waals surface area contributed by atoms with E-state index < -0.39 is 22.6 Å². The van der Waals surface area contributed by atoms with Gasteiger partial charge >= 0.3 is 29.6 Å². The first-order chi connectivity index (χ1) is 13.1. The summed E-state index contributed by atoms with van der Waals surface area (Å²) >= 11 is 0. The standard InChI is InChI=1S/C12H26O4S.C3H8O3.C3H8O2.Na/c1-2-3-4-5-6-7-8-9-10-11-12-16-17(13,14)15;4-1-3(6)2-5;1-3(5)2-4;/h2-12H2,1H3,(H,13,14,15);3-6H,1-2H2;3-5H,2H2,1H3;/q;;;+1/p-1. The molecule has 0 aliphatic heterocycles. The van der Waals surface area contributed by atoms with Gasteiger partial charge in [-0.2, -0.15) is 0 Å². The van der Waals surface area contributed by atoms with Gasteiger partial charge in [0.05, 0.1) is 32.5 Å². The van der Waals surface area contributed by atoms with Gasteiger partial charge in [0.25, 0.3) is 0 Å². The maximum absolute atomic E-state index is 10.1. The molecule has 29 heavy (non-hydrogen) atoms. The van der Waals surface area contributed by atoms with Gasteiger partial charge in [0.15, 0.2) is 0 Å². The predicted octanol–water partition coefficient (Wildman–Crippen LogP) is -1.92. The molecular weight excluding hydrogens is 415 g/mol. The van der Waals surface area contributed by atoms with Crippen LogP contribution in [-0.2, 0) is 14.6 Å². The van der Waals surface area contributed by atoms with Crippen molar-refractivity contribution in [3.8, 4) is 0 Å². The third-order valence-corrected chi connectivity index (χ3v) is 3.87. The first kappa shape index (κ1) is 37.0. The summed E-state index contributed by atoms with van der Waals surface area (Å²) in [6.45, 7) is 2.90. The number of rotatable bonds is 15. The van der Waals surface area contributed by atoms with Crippen molar-refractivity contribution in [1.82, 2.24) is 0 Å². The monoisotopic (exact) mass is 456 g/mol. The SMILES string of the molecule is CC(O)CO.CCCCCCCCCCCCOS(=O)(=O)[O-].OCC(O)CO.[Na+]. The van der Waals surface area contributed by atoms with E-state index in [1.165, 1.54) is 51.9 Å². The number of hydrogen-bond acceptors (Lipinski definition) is 9. The van der Waals surface area contributed by atoms with Crippen LogP contribution < -0.4 is 29.6 Å². The molecule has 0 bridgehead atoms. The maximum Gasteiger partial charge on any atom is 1.00 e. The van der Waals surface area contributed by atoms with E-state index in [9.17, 15) is 13.0 Å². The summed E-state index contributed by atoms with van der Waals surface area (Å²) in [6, 6.07) is 0. The van der Waals surface area contributed by atoms with Crippen LogP contribution in [0.5, 0.6) is 0 Å². The van der Waals surface area contributed by atoms with Crippen molar-refractivity contribution in [1.29, 1.82) is 0 Å². The van der Waals surface area contributed by atoms with Crippen LogP contribution in [0.2, 0.25) is 0 Å². The van der Waals surface area contributed by atoms with Crippen LogP contribution in [0.25, 0.3) is 0 Å². The molecule has 0 aliphatic carbocycles. The molecule has 0 aromatic heterocycles. The second-order valence-electron chi connectivity index (χ2n) is 6.46. The fourth-order valence-corrected chi connectivity index (χ4v) is 2.13. The molecule has 11 heteroatoms. The molecule has 0 rings (SSSR count). The molecule has 1 unspecified atom stereocenters. The Kier molecular flexibility index (Phi) is 36.6. The summed E-state index contributed by atoms with van der Waals surface area (Å²) in [5.41, 5.74) is 0. The zero-order chi connectivity index (χ0) is 22.3. The summed E-state index contributed by atoms with van der Waals surface area (Å²) in [7, 11) is -4.48. The van der Waals surface area contributed by atoms with Gasteiger partial charge < -0.3 is 30.1 Å². The Hall–Kier alpha value is 0.670. The second kappa shape index (κ2) is 28.7. The Morgan fingerprint density at radius 3 is 1.38 bits per heavy atom. The molecule has 0 aliphatic rings. The van der Waals surface area contributed by atoms with Gasteiger partial charge in [0, 0.05) is 0 Å². The molecule has 0 saturated heterocycles. The minimum Gasteiger partial charge on any atom is -0.726 e. The van der Waals surface area contributed by atoms with Crippen molar-refractivity contribution < 1.29 is 72.2 Å². The molecule has 0 saturated carbocycles. The van der Waals surface area contributed by atoms with Gasteiger partial charge in [-0.25, -0.2) is 8.42 Å². The van der Waals surface area contributed by atoms with Crippen LogP contribution in [0.1, 0.15) is 78.1 Å². The van der Waals surface area contributed by atoms with Crippen LogP contribution >= 0.6 is 0 Å². The average molecular weight is 457 g/mol. The van der Waals surface area contributed by atoms with E-state index in [0.29, 0.717) is 6.42 Å². The molecular formula is C18H41NaO9S. The van der Waals surface area contributed by atoms with Crippen LogP contribution in [0.4, 0.5) is 0 Å². The average Bonchev–Trinajstić information content (AvgIpc) is 2.65. The molecule has 0 heterocycles. The summed E-state index contributed by atoms with van der Waals surface area (Å²) in [5, 5.41) is 40.0. The Balaban J connectivity index is -0.000000215. The van der Waals surface area contributed by atoms with E-state index >= 15 is 0 Å². The Bertz CT molecular complexity index is 378. The van der Waals surface area contributed by atoms with Crippen molar-refractivity contribution in [2.75, 3.05) is 26.4 Å². The van der Waals surface area contributed by atoms with E-state index in [2.05, 4.69) is 11.1 Å². The summed E-state index contributed by atoms with van der Waals surface area (Å²) < 4.78 is 34.5. The molecule has 0 fully saturated rings. The third-order valence-electron chi connectivity index (χ3n) is 3.41. The molecule has 0 radical (unpaired) electrons.